The van der Waals surface area contributed by atoms with Crippen molar-refractivity contribution >= 4 is 31.7 Å². The molecular weight excluding hydrogens is 356 g/mol. The maximum Gasteiger partial charge on any atom is 0.343 e. The van der Waals surface area contributed by atoms with E-state index in [1.165, 1.54) is 6.07 Å². The lowest BCUT2D eigenvalue weighted by atomic mass is 10.1. The highest BCUT2D eigenvalue weighted by Crippen LogP contribution is 2.24. The van der Waals surface area contributed by atoms with Crippen molar-refractivity contribution in [3.05, 3.63) is 64.1 Å². The minimum absolute atomic E-state index is 0.108. The molecule has 0 aliphatic heterocycles. The van der Waals surface area contributed by atoms with Gasteiger partial charge in [0.05, 0.1) is 15.8 Å². The molecule has 0 N–H and O–H groups in total. The van der Waals surface area contributed by atoms with Crippen LogP contribution in [0.2, 0.25) is 0 Å². The molecule has 0 radical (unpaired) electrons. The Balaban J connectivity index is 2.20. The van der Waals surface area contributed by atoms with Crippen LogP contribution in [0.4, 0.5) is 0 Å². The van der Waals surface area contributed by atoms with Gasteiger partial charge in [0.25, 0.3) is 0 Å². The highest BCUT2D eigenvalue weighted by Gasteiger charge is 2.12. The Hall–Kier alpha value is -1.66. The lowest BCUT2D eigenvalue weighted by Gasteiger charge is -2.07. The summed E-state index contributed by atoms with van der Waals surface area (Å²) in [5.74, 6) is -0.225. The zero-order chi connectivity index (χ0) is 15.5. The van der Waals surface area contributed by atoms with E-state index in [4.69, 9.17) is 4.74 Å². The highest BCUT2D eigenvalue weighted by atomic mass is 79.9. The minimum atomic E-state index is -3.14. The summed E-state index contributed by atoms with van der Waals surface area (Å²) in [6, 6.07) is 13.4. The van der Waals surface area contributed by atoms with Gasteiger partial charge in [0, 0.05) is 6.26 Å². The number of benzene rings is 2. The monoisotopic (exact) mass is 368 g/mol. The summed E-state index contributed by atoms with van der Waals surface area (Å²) in [5, 5.41) is 0. The third kappa shape index (κ3) is 4.68. The number of halogens is 1. The van der Waals surface area contributed by atoms with Gasteiger partial charge < -0.3 is 4.74 Å². The predicted octanol–water partition coefficient (Wildman–Crippen LogP) is 3.21. The molecule has 2 aromatic rings. The lowest BCUT2D eigenvalue weighted by Crippen LogP contribution is -2.10. The van der Waals surface area contributed by atoms with Crippen LogP contribution in [0.25, 0.3) is 0 Å². The van der Waals surface area contributed by atoms with E-state index in [0.29, 0.717) is 21.3 Å². The van der Waals surface area contributed by atoms with Gasteiger partial charge in [-0.2, -0.15) is 0 Å². The van der Waals surface area contributed by atoms with Crippen LogP contribution in [-0.2, 0) is 15.6 Å². The van der Waals surface area contributed by atoms with Gasteiger partial charge in [0.1, 0.15) is 5.75 Å². The largest absolute Gasteiger partial charge is 0.422 e. The van der Waals surface area contributed by atoms with Gasteiger partial charge in [0.2, 0.25) is 0 Å². The Labute approximate surface area is 131 Å². The molecule has 0 bridgehead atoms. The molecule has 0 aliphatic carbocycles. The molecule has 0 saturated carbocycles. The maximum absolute atomic E-state index is 12.1. The summed E-state index contributed by atoms with van der Waals surface area (Å²) in [5.41, 5.74) is 0.867. The van der Waals surface area contributed by atoms with E-state index in [0.717, 1.165) is 6.26 Å². The summed E-state index contributed by atoms with van der Waals surface area (Å²) < 4.78 is 28.5. The van der Waals surface area contributed by atoms with E-state index >= 15 is 0 Å². The first-order chi connectivity index (χ1) is 9.85. The third-order valence-electron chi connectivity index (χ3n) is 2.63. The smallest absolute Gasteiger partial charge is 0.343 e. The molecule has 6 heteroatoms. The summed E-state index contributed by atoms with van der Waals surface area (Å²) in [6.07, 6.45) is 1.15. The van der Waals surface area contributed by atoms with Gasteiger partial charge >= 0.3 is 5.97 Å². The second-order valence-corrected chi connectivity index (χ2v) is 7.58. The summed E-state index contributed by atoms with van der Waals surface area (Å²) >= 11 is 3.30. The molecule has 4 nitrogen and oxygen atoms in total. The number of rotatable bonds is 4. The van der Waals surface area contributed by atoms with Crippen molar-refractivity contribution < 1.29 is 17.9 Å². The zero-order valence-corrected chi connectivity index (χ0v) is 13.6. The summed E-state index contributed by atoms with van der Waals surface area (Å²) in [4.78, 5) is 12.1. The van der Waals surface area contributed by atoms with Crippen LogP contribution in [0, 0.1) is 0 Å². The zero-order valence-electron chi connectivity index (χ0n) is 11.2. The number of ether oxygens (including phenoxy) is 1. The molecule has 0 aliphatic rings. The lowest BCUT2D eigenvalue weighted by molar-refractivity contribution is 0.0733. The number of carbonyl (C=O) groups is 1. The number of hydrogen-bond acceptors (Lipinski definition) is 4. The van der Waals surface area contributed by atoms with Gasteiger partial charge in [-0.05, 0) is 45.8 Å². The Kier molecular flexibility index (Phi) is 4.80. The van der Waals surface area contributed by atoms with Gasteiger partial charge in [-0.25, -0.2) is 13.2 Å². The molecule has 2 aromatic carbocycles. The van der Waals surface area contributed by atoms with E-state index in [9.17, 15) is 13.2 Å². The van der Waals surface area contributed by atoms with E-state index in [2.05, 4.69) is 15.9 Å². The summed E-state index contributed by atoms with van der Waals surface area (Å²) in [6.45, 7) is 0. The Morgan fingerprint density at radius 1 is 1.14 bits per heavy atom. The number of sulfone groups is 1. The van der Waals surface area contributed by atoms with E-state index in [1.807, 2.05) is 6.07 Å². The normalized spacial score (nSPS) is 11.1. The first kappa shape index (κ1) is 15.7. The van der Waals surface area contributed by atoms with Crippen molar-refractivity contribution in [2.75, 3.05) is 6.26 Å². The molecule has 0 unspecified atom stereocenters. The molecule has 2 rings (SSSR count). The number of hydrogen-bond donors (Lipinski definition) is 0. The Morgan fingerprint density at radius 3 is 2.52 bits per heavy atom. The summed E-state index contributed by atoms with van der Waals surface area (Å²) in [7, 11) is -3.14. The van der Waals surface area contributed by atoms with Crippen LogP contribution in [0.15, 0.2) is 53.0 Å². The second-order valence-electron chi connectivity index (χ2n) is 4.59. The van der Waals surface area contributed by atoms with Crippen LogP contribution in [0.3, 0.4) is 0 Å². The van der Waals surface area contributed by atoms with Crippen LogP contribution in [0.5, 0.6) is 5.75 Å². The first-order valence-corrected chi connectivity index (χ1v) is 8.94. The molecular formula is C15H13BrO4S. The van der Waals surface area contributed by atoms with E-state index < -0.39 is 15.8 Å². The fraction of sp³-hybridized carbons (Fsp3) is 0.133. The predicted molar refractivity (Wildman–Crippen MR) is 84.1 cm³/mol. The standard InChI is InChI=1S/C15H13BrO4S/c1-21(18,19)10-11-5-4-6-12(9-11)15(17)20-14-8-3-2-7-13(14)16/h2-9H,10H2,1H3. The van der Waals surface area contributed by atoms with Crippen LogP contribution < -0.4 is 4.74 Å². The molecule has 110 valence electrons. The van der Waals surface area contributed by atoms with Gasteiger partial charge in [0.15, 0.2) is 9.84 Å². The molecule has 0 amide bonds. The molecule has 0 atom stereocenters. The average Bonchev–Trinajstić information content (AvgIpc) is 2.39. The molecule has 0 saturated heterocycles. The molecule has 0 fully saturated rings. The molecule has 21 heavy (non-hydrogen) atoms. The number of esters is 1. The van der Waals surface area contributed by atoms with Crippen LogP contribution in [-0.4, -0.2) is 20.6 Å². The van der Waals surface area contributed by atoms with Crippen molar-refractivity contribution in [3.63, 3.8) is 0 Å². The SMILES string of the molecule is CS(=O)(=O)Cc1cccc(C(=O)Oc2ccccc2Br)c1. The quantitative estimate of drug-likeness (QED) is 0.613. The number of carbonyl (C=O) groups excluding carboxylic acids is 1. The fourth-order valence-electron chi connectivity index (χ4n) is 1.78. The fourth-order valence-corrected chi connectivity index (χ4v) is 2.93. The van der Waals surface area contributed by atoms with E-state index in [1.54, 1.807) is 36.4 Å². The van der Waals surface area contributed by atoms with Gasteiger partial charge in [-0.3, -0.25) is 0 Å². The second kappa shape index (κ2) is 6.41. The maximum atomic E-state index is 12.1. The molecule has 0 aromatic heterocycles. The topological polar surface area (TPSA) is 60.4 Å². The average molecular weight is 369 g/mol. The van der Waals surface area contributed by atoms with Crippen molar-refractivity contribution in [1.82, 2.24) is 0 Å². The van der Waals surface area contributed by atoms with Gasteiger partial charge in [-0.15, -0.1) is 0 Å². The Morgan fingerprint density at radius 2 is 1.86 bits per heavy atom. The van der Waals surface area contributed by atoms with Crippen LogP contribution >= 0.6 is 15.9 Å². The van der Waals surface area contributed by atoms with Crippen molar-refractivity contribution in [1.29, 1.82) is 0 Å². The molecule has 0 heterocycles. The van der Waals surface area contributed by atoms with Crippen molar-refractivity contribution in [2.45, 2.75) is 5.75 Å². The van der Waals surface area contributed by atoms with Gasteiger partial charge in [-0.1, -0.05) is 24.3 Å². The van der Waals surface area contributed by atoms with E-state index in [-0.39, 0.29) is 5.75 Å². The third-order valence-corrected chi connectivity index (χ3v) is 4.14. The van der Waals surface area contributed by atoms with Crippen molar-refractivity contribution in [3.8, 4) is 5.75 Å². The first-order valence-electron chi connectivity index (χ1n) is 6.08. The number of para-hydroxylation sites is 1. The van der Waals surface area contributed by atoms with Crippen LogP contribution in [0.1, 0.15) is 15.9 Å². The molecule has 0 spiro atoms. The minimum Gasteiger partial charge on any atom is -0.422 e. The van der Waals surface area contributed by atoms with Crippen molar-refractivity contribution in [2.24, 2.45) is 0 Å². The Bertz CT molecular complexity index is 769. The highest BCUT2D eigenvalue weighted by molar-refractivity contribution is 9.10.